The van der Waals surface area contributed by atoms with Gasteiger partial charge in [-0.25, -0.2) is 0 Å². The zero-order chi connectivity index (χ0) is 29.8. The fourth-order valence-electron chi connectivity index (χ4n) is 2.51. The minimum Gasteiger partial charge on any atom is -0.298 e. The standard InChI is InChI=1S/C22H18Br2N8O4S5/c23-13-5-1-11(2-6-13)17(35)25-19(37)29-27-15(33)9-39-21-31-32-22(41-21)40-10-16(34)28-30-20(38)26-18(36)12-3-7-14(24)8-4-12/h1-8H,9-10H2,(H,27,33)(H,28,34)(H2,25,29,35,37)(H2,26,30,36,38). The Balaban J connectivity index is 1.29. The molecular weight excluding hydrogens is 760 g/mol. The van der Waals surface area contributed by atoms with Crippen molar-refractivity contribution in [3.63, 3.8) is 0 Å². The van der Waals surface area contributed by atoms with Crippen LogP contribution in [0.4, 0.5) is 0 Å². The Labute approximate surface area is 273 Å². The number of thiocarbonyl (C=S) groups is 2. The van der Waals surface area contributed by atoms with Crippen molar-refractivity contribution in [1.29, 1.82) is 0 Å². The van der Waals surface area contributed by atoms with Gasteiger partial charge in [-0.2, -0.15) is 0 Å². The predicted octanol–water partition coefficient (Wildman–Crippen LogP) is 2.92. The number of benzene rings is 2. The van der Waals surface area contributed by atoms with E-state index < -0.39 is 23.6 Å². The Morgan fingerprint density at radius 2 is 1.02 bits per heavy atom. The number of rotatable bonds is 8. The van der Waals surface area contributed by atoms with Crippen LogP contribution in [0.25, 0.3) is 0 Å². The number of thioether (sulfide) groups is 2. The highest BCUT2D eigenvalue weighted by molar-refractivity contribution is 9.10. The van der Waals surface area contributed by atoms with Crippen molar-refractivity contribution >= 4 is 125 Å². The van der Waals surface area contributed by atoms with Gasteiger partial charge in [0.1, 0.15) is 0 Å². The van der Waals surface area contributed by atoms with E-state index in [9.17, 15) is 19.2 Å². The molecular formula is C22H18Br2N8O4S5. The number of nitrogens with one attached hydrogen (secondary N) is 6. The summed E-state index contributed by atoms with van der Waals surface area (Å²) in [6, 6.07) is 13.4. The molecule has 6 N–H and O–H groups in total. The average Bonchev–Trinajstić information content (AvgIpc) is 3.41. The highest BCUT2D eigenvalue weighted by atomic mass is 79.9. The van der Waals surface area contributed by atoms with Crippen LogP contribution in [-0.4, -0.2) is 55.6 Å². The lowest BCUT2D eigenvalue weighted by molar-refractivity contribution is -0.119. The van der Waals surface area contributed by atoms with Crippen LogP contribution in [0, 0.1) is 0 Å². The molecule has 4 amide bonds. The Morgan fingerprint density at radius 1 is 0.659 bits per heavy atom. The Hall–Kier alpha value is -2.68. The van der Waals surface area contributed by atoms with Crippen LogP contribution in [0.2, 0.25) is 0 Å². The first kappa shape index (κ1) is 32.8. The van der Waals surface area contributed by atoms with Gasteiger partial charge in [0.15, 0.2) is 18.9 Å². The Morgan fingerprint density at radius 3 is 1.39 bits per heavy atom. The number of hydrogen-bond acceptors (Lipinski definition) is 11. The maximum atomic E-state index is 12.1. The normalized spacial score (nSPS) is 10.2. The van der Waals surface area contributed by atoms with E-state index in [1.54, 1.807) is 48.5 Å². The molecule has 0 aliphatic carbocycles. The van der Waals surface area contributed by atoms with E-state index in [0.717, 1.165) is 32.5 Å². The third kappa shape index (κ3) is 12.0. The van der Waals surface area contributed by atoms with Crippen molar-refractivity contribution in [2.24, 2.45) is 0 Å². The van der Waals surface area contributed by atoms with E-state index in [2.05, 4.69) is 74.4 Å². The zero-order valence-electron chi connectivity index (χ0n) is 20.4. The molecule has 3 aromatic rings. The number of hydrogen-bond donors (Lipinski definition) is 6. The van der Waals surface area contributed by atoms with E-state index in [4.69, 9.17) is 24.4 Å². The molecule has 214 valence electrons. The minimum atomic E-state index is -0.423. The van der Waals surface area contributed by atoms with Gasteiger partial charge in [0.25, 0.3) is 11.8 Å². The molecule has 19 heteroatoms. The summed E-state index contributed by atoms with van der Waals surface area (Å²) in [7, 11) is 0. The number of halogens is 2. The second kappa shape index (κ2) is 16.7. The third-order valence-electron chi connectivity index (χ3n) is 4.34. The van der Waals surface area contributed by atoms with Gasteiger partial charge in [0, 0.05) is 20.1 Å². The first-order valence-corrected chi connectivity index (χ1v) is 16.2. The lowest BCUT2D eigenvalue weighted by Gasteiger charge is -2.10. The van der Waals surface area contributed by atoms with Crippen LogP contribution in [0.3, 0.4) is 0 Å². The molecule has 1 aromatic heterocycles. The van der Waals surface area contributed by atoms with Gasteiger partial charge in [0.2, 0.25) is 11.8 Å². The molecule has 12 nitrogen and oxygen atoms in total. The van der Waals surface area contributed by atoms with Crippen LogP contribution >= 0.6 is 91.2 Å². The van der Waals surface area contributed by atoms with Crippen LogP contribution in [-0.2, 0) is 9.59 Å². The molecule has 1 heterocycles. The van der Waals surface area contributed by atoms with Gasteiger partial charge >= 0.3 is 0 Å². The SMILES string of the molecule is O=C(CSc1nnc(SCC(=O)NNC(=S)NC(=O)c2ccc(Br)cc2)s1)NNC(=S)NC(=O)c1ccc(Br)cc1. The monoisotopic (exact) mass is 776 g/mol. The molecule has 0 radical (unpaired) electrons. The fourth-order valence-corrected chi connectivity index (χ4v) is 5.95. The van der Waals surface area contributed by atoms with E-state index in [1.807, 2.05) is 0 Å². The van der Waals surface area contributed by atoms with Gasteiger partial charge < -0.3 is 0 Å². The number of amides is 4. The number of hydrazine groups is 2. The highest BCUT2D eigenvalue weighted by Crippen LogP contribution is 2.28. The quantitative estimate of drug-likeness (QED) is 0.113. The Kier molecular flexibility index (Phi) is 13.4. The van der Waals surface area contributed by atoms with E-state index >= 15 is 0 Å². The van der Waals surface area contributed by atoms with Crippen molar-refractivity contribution < 1.29 is 19.2 Å². The Bertz CT molecular complexity index is 1330. The van der Waals surface area contributed by atoms with Crippen molar-refractivity contribution in [1.82, 2.24) is 42.5 Å². The summed E-state index contributed by atoms with van der Waals surface area (Å²) in [5.74, 6) is -1.66. The van der Waals surface area contributed by atoms with Crippen molar-refractivity contribution in [3.8, 4) is 0 Å². The van der Waals surface area contributed by atoms with Gasteiger partial charge in [-0.15, -0.1) is 10.2 Å². The molecule has 0 fully saturated rings. The van der Waals surface area contributed by atoms with Gasteiger partial charge in [-0.3, -0.25) is 51.5 Å². The molecule has 3 rings (SSSR count). The lowest BCUT2D eigenvalue weighted by Crippen LogP contribution is -2.49. The largest absolute Gasteiger partial charge is 0.298 e. The number of carbonyl (C=O) groups excluding carboxylic acids is 4. The summed E-state index contributed by atoms with van der Waals surface area (Å²) in [6.45, 7) is 0. The molecule has 0 bridgehead atoms. The second-order valence-electron chi connectivity index (χ2n) is 7.34. The predicted molar refractivity (Wildman–Crippen MR) is 172 cm³/mol. The summed E-state index contributed by atoms with van der Waals surface area (Å²) < 4.78 is 2.70. The van der Waals surface area contributed by atoms with Crippen molar-refractivity contribution in [3.05, 3.63) is 68.6 Å². The second-order valence-corrected chi connectivity index (χ2v) is 13.4. The first-order chi connectivity index (χ1) is 19.6. The summed E-state index contributed by atoms with van der Waals surface area (Å²) in [4.78, 5) is 48.5. The summed E-state index contributed by atoms with van der Waals surface area (Å²) in [6.07, 6.45) is 0. The summed E-state index contributed by atoms with van der Waals surface area (Å²) in [5, 5.41) is 12.8. The third-order valence-corrected chi connectivity index (χ3v) is 8.99. The molecule has 41 heavy (non-hydrogen) atoms. The zero-order valence-corrected chi connectivity index (χ0v) is 27.6. The molecule has 0 aliphatic rings. The van der Waals surface area contributed by atoms with E-state index in [0.29, 0.717) is 19.8 Å². The lowest BCUT2D eigenvalue weighted by atomic mass is 10.2. The topological polar surface area (TPSA) is 166 Å². The van der Waals surface area contributed by atoms with Crippen molar-refractivity contribution in [2.75, 3.05) is 11.5 Å². The summed E-state index contributed by atoms with van der Waals surface area (Å²) >= 11 is 20.1. The molecule has 0 saturated heterocycles. The van der Waals surface area contributed by atoms with Crippen LogP contribution < -0.4 is 32.3 Å². The molecule has 0 atom stereocenters. The van der Waals surface area contributed by atoms with Crippen LogP contribution in [0.5, 0.6) is 0 Å². The van der Waals surface area contributed by atoms with E-state index in [1.165, 1.54) is 11.3 Å². The molecule has 0 spiro atoms. The number of carbonyl (C=O) groups is 4. The minimum absolute atomic E-state index is 0.00337. The van der Waals surface area contributed by atoms with Gasteiger partial charge in [-0.05, 0) is 73.0 Å². The molecule has 0 aliphatic heterocycles. The number of aromatic nitrogens is 2. The summed E-state index contributed by atoms with van der Waals surface area (Å²) in [5.41, 5.74) is 10.5. The van der Waals surface area contributed by atoms with Gasteiger partial charge in [-0.1, -0.05) is 66.7 Å². The maximum Gasteiger partial charge on any atom is 0.257 e. The van der Waals surface area contributed by atoms with Gasteiger partial charge in [0.05, 0.1) is 11.5 Å². The fraction of sp³-hybridized carbons (Fsp3) is 0.0909. The molecule has 0 saturated carbocycles. The average molecular weight is 779 g/mol. The van der Waals surface area contributed by atoms with Crippen molar-refractivity contribution in [2.45, 2.75) is 8.68 Å². The molecule has 2 aromatic carbocycles. The highest BCUT2D eigenvalue weighted by Gasteiger charge is 2.13. The first-order valence-electron chi connectivity index (χ1n) is 11.0. The van der Waals surface area contributed by atoms with Crippen LogP contribution in [0.15, 0.2) is 66.2 Å². The maximum absolute atomic E-state index is 12.1. The number of nitrogens with zero attached hydrogens (tertiary/aromatic N) is 2. The van der Waals surface area contributed by atoms with E-state index in [-0.39, 0.29) is 21.7 Å². The molecule has 0 unspecified atom stereocenters. The smallest absolute Gasteiger partial charge is 0.257 e. The van der Waals surface area contributed by atoms with Crippen LogP contribution in [0.1, 0.15) is 20.7 Å².